The maximum absolute atomic E-state index is 12.4. The van der Waals surface area contributed by atoms with Crippen LogP contribution in [0.1, 0.15) is 38.2 Å². The van der Waals surface area contributed by atoms with Crippen LogP contribution in [0.15, 0.2) is 24.3 Å². The Kier molecular flexibility index (Phi) is 6.20. The van der Waals surface area contributed by atoms with Crippen molar-refractivity contribution in [1.82, 2.24) is 0 Å². The van der Waals surface area contributed by atoms with Gasteiger partial charge in [0.25, 0.3) is 0 Å². The van der Waals surface area contributed by atoms with E-state index in [1.807, 2.05) is 0 Å². The van der Waals surface area contributed by atoms with Gasteiger partial charge in [-0.05, 0) is 38.0 Å². The van der Waals surface area contributed by atoms with E-state index >= 15 is 0 Å². The first-order valence-corrected chi connectivity index (χ1v) is 8.82. The summed E-state index contributed by atoms with van der Waals surface area (Å²) in [5.41, 5.74) is -1.67. The smallest absolute Gasteiger partial charge is 0.318 e. The van der Waals surface area contributed by atoms with Crippen molar-refractivity contribution in [2.24, 2.45) is 11.3 Å². The summed E-state index contributed by atoms with van der Waals surface area (Å²) in [6, 6.07) is 4.52. The number of carboxylic acids is 1. The number of rotatable bonds is 7. The standard InChI is InChI=1S/C18H20ClNO7/c1-3-27-14(22)8-12-9-18(10(2)21,17(23)24)15(16(12)20(25)26)11-4-6-13(19)7-5-11/h4-7,12,15-16H,3,8-9H2,1-2H3,(H,23,24). The second-order valence-corrected chi connectivity index (χ2v) is 7.05. The molecule has 0 amide bonds. The molecule has 0 saturated heterocycles. The summed E-state index contributed by atoms with van der Waals surface area (Å²) >= 11 is 5.87. The van der Waals surface area contributed by atoms with E-state index in [1.54, 1.807) is 6.92 Å². The van der Waals surface area contributed by atoms with Crippen LogP contribution in [-0.2, 0) is 19.1 Å². The number of esters is 1. The number of hydrogen-bond donors (Lipinski definition) is 1. The summed E-state index contributed by atoms with van der Waals surface area (Å²) in [6.07, 6.45) is -0.638. The van der Waals surface area contributed by atoms with Gasteiger partial charge >= 0.3 is 11.9 Å². The van der Waals surface area contributed by atoms with Crippen LogP contribution in [0.25, 0.3) is 0 Å². The van der Waals surface area contributed by atoms with E-state index in [4.69, 9.17) is 16.3 Å². The number of aliphatic carboxylic acids is 1. The molecule has 27 heavy (non-hydrogen) atoms. The normalized spacial score (nSPS) is 27.1. The van der Waals surface area contributed by atoms with Gasteiger partial charge in [0.1, 0.15) is 11.2 Å². The van der Waals surface area contributed by atoms with Crippen molar-refractivity contribution in [3.05, 3.63) is 45.0 Å². The van der Waals surface area contributed by atoms with Gasteiger partial charge in [0.2, 0.25) is 6.04 Å². The van der Waals surface area contributed by atoms with E-state index in [0.29, 0.717) is 10.6 Å². The number of carbonyl (C=O) groups is 3. The topological polar surface area (TPSA) is 124 Å². The molecule has 0 heterocycles. The molecule has 4 atom stereocenters. The Morgan fingerprint density at radius 1 is 1.33 bits per heavy atom. The van der Waals surface area contributed by atoms with Gasteiger partial charge in [0, 0.05) is 15.9 Å². The molecule has 1 aromatic rings. The van der Waals surface area contributed by atoms with E-state index in [2.05, 4.69) is 0 Å². The lowest BCUT2D eigenvalue weighted by atomic mass is 9.71. The summed E-state index contributed by atoms with van der Waals surface area (Å²) in [7, 11) is 0. The first-order valence-electron chi connectivity index (χ1n) is 8.44. The van der Waals surface area contributed by atoms with Crippen molar-refractivity contribution in [2.45, 2.75) is 38.6 Å². The van der Waals surface area contributed by atoms with Crippen molar-refractivity contribution in [1.29, 1.82) is 0 Å². The number of halogens is 1. The molecule has 146 valence electrons. The molecule has 8 nitrogen and oxygen atoms in total. The predicted octanol–water partition coefficient (Wildman–Crippen LogP) is 2.70. The summed E-state index contributed by atoms with van der Waals surface area (Å²) in [4.78, 5) is 47.8. The van der Waals surface area contributed by atoms with Crippen LogP contribution in [0.3, 0.4) is 0 Å². The van der Waals surface area contributed by atoms with Crippen LogP contribution in [0.2, 0.25) is 5.02 Å². The van der Waals surface area contributed by atoms with Crippen LogP contribution in [-0.4, -0.2) is 40.4 Å². The molecule has 0 spiro atoms. The minimum absolute atomic E-state index is 0.103. The quantitative estimate of drug-likeness (QED) is 0.324. The predicted molar refractivity (Wildman–Crippen MR) is 95.1 cm³/mol. The molecule has 9 heteroatoms. The zero-order valence-electron chi connectivity index (χ0n) is 14.9. The maximum atomic E-state index is 12.4. The number of ether oxygens (including phenoxy) is 1. The minimum Gasteiger partial charge on any atom is -0.480 e. The first-order chi connectivity index (χ1) is 12.6. The van der Waals surface area contributed by atoms with Crippen LogP contribution >= 0.6 is 11.6 Å². The molecule has 0 radical (unpaired) electrons. The molecule has 0 bridgehead atoms. The second kappa shape index (κ2) is 8.04. The van der Waals surface area contributed by atoms with Gasteiger partial charge in [-0.15, -0.1) is 0 Å². The summed E-state index contributed by atoms with van der Waals surface area (Å²) < 4.78 is 4.87. The Bertz CT molecular complexity index is 747. The molecular weight excluding hydrogens is 378 g/mol. The molecule has 0 aromatic heterocycles. The SMILES string of the molecule is CCOC(=O)CC1CC(C(C)=O)(C(=O)O)C(c2ccc(Cl)cc2)C1[N+](=O)[O-]. The zero-order chi connectivity index (χ0) is 20.4. The van der Waals surface area contributed by atoms with E-state index in [9.17, 15) is 29.6 Å². The van der Waals surface area contributed by atoms with Gasteiger partial charge in [-0.25, -0.2) is 0 Å². The number of Topliss-reactive ketones (excluding diaryl/α,β-unsaturated/α-hetero) is 1. The Balaban J connectivity index is 2.61. The van der Waals surface area contributed by atoms with E-state index < -0.39 is 45.9 Å². The summed E-state index contributed by atoms with van der Waals surface area (Å²) in [5, 5.41) is 22.1. The van der Waals surface area contributed by atoms with Crippen LogP contribution in [0.5, 0.6) is 0 Å². The van der Waals surface area contributed by atoms with Gasteiger partial charge in [-0.3, -0.25) is 24.5 Å². The van der Waals surface area contributed by atoms with Crippen LogP contribution in [0, 0.1) is 21.4 Å². The molecule has 1 fully saturated rings. The number of nitro groups is 1. The number of benzene rings is 1. The van der Waals surface area contributed by atoms with Crippen LogP contribution < -0.4 is 0 Å². The van der Waals surface area contributed by atoms with Crippen molar-refractivity contribution in [3.63, 3.8) is 0 Å². The van der Waals surface area contributed by atoms with Gasteiger partial charge in [0.15, 0.2) is 0 Å². The lowest BCUT2D eigenvalue weighted by molar-refractivity contribution is -0.532. The Morgan fingerprint density at radius 3 is 2.37 bits per heavy atom. The third-order valence-corrected chi connectivity index (χ3v) is 5.41. The third kappa shape index (κ3) is 3.80. The fraction of sp³-hybridized carbons (Fsp3) is 0.500. The van der Waals surface area contributed by atoms with Crippen molar-refractivity contribution >= 4 is 29.3 Å². The fourth-order valence-corrected chi connectivity index (χ4v) is 4.16. The molecule has 1 saturated carbocycles. The highest BCUT2D eigenvalue weighted by molar-refractivity contribution is 6.30. The van der Waals surface area contributed by atoms with E-state index in [1.165, 1.54) is 24.3 Å². The molecule has 1 aliphatic carbocycles. The van der Waals surface area contributed by atoms with Gasteiger partial charge in [0.05, 0.1) is 18.9 Å². The second-order valence-electron chi connectivity index (χ2n) is 6.61. The molecular formula is C18H20ClNO7. The summed E-state index contributed by atoms with van der Waals surface area (Å²) in [5.74, 6) is -4.95. The lowest BCUT2D eigenvalue weighted by Crippen LogP contribution is -2.43. The number of carboxylic acid groups (broad SMARTS) is 1. The average Bonchev–Trinajstić information content (AvgIpc) is 2.92. The van der Waals surface area contributed by atoms with Crippen molar-refractivity contribution in [3.8, 4) is 0 Å². The average molecular weight is 398 g/mol. The minimum atomic E-state index is -2.00. The van der Waals surface area contributed by atoms with Crippen molar-refractivity contribution < 1.29 is 29.2 Å². The van der Waals surface area contributed by atoms with Crippen LogP contribution in [0.4, 0.5) is 0 Å². The largest absolute Gasteiger partial charge is 0.480 e. The zero-order valence-corrected chi connectivity index (χ0v) is 15.6. The van der Waals surface area contributed by atoms with Gasteiger partial charge in [-0.2, -0.15) is 0 Å². The number of nitrogens with zero attached hydrogens (tertiary/aromatic N) is 1. The van der Waals surface area contributed by atoms with Gasteiger partial charge in [-0.1, -0.05) is 23.7 Å². The number of carbonyl (C=O) groups excluding carboxylic acids is 2. The van der Waals surface area contributed by atoms with Gasteiger partial charge < -0.3 is 9.84 Å². The number of hydrogen-bond acceptors (Lipinski definition) is 6. The highest BCUT2D eigenvalue weighted by Crippen LogP contribution is 2.55. The number of ketones is 1. The monoisotopic (exact) mass is 397 g/mol. The van der Waals surface area contributed by atoms with E-state index in [0.717, 1.165) is 6.92 Å². The molecule has 2 rings (SSSR count). The highest BCUT2D eigenvalue weighted by Gasteiger charge is 2.66. The Morgan fingerprint density at radius 2 is 1.93 bits per heavy atom. The fourth-order valence-electron chi connectivity index (χ4n) is 4.03. The first kappa shape index (κ1) is 20.8. The van der Waals surface area contributed by atoms with Crippen molar-refractivity contribution in [2.75, 3.05) is 6.61 Å². The lowest BCUT2D eigenvalue weighted by Gasteiger charge is -2.29. The van der Waals surface area contributed by atoms with E-state index in [-0.39, 0.29) is 19.4 Å². The molecule has 1 aliphatic rings. The highest BCUT2D eigenvalue weighted by atomic mass is 35.5. The summed E-state index contributed by atoms with van der Waals surface area (Å²) in [6.45, 7) is 2.82. The Labute approximate surface area is 160 Å². The maximum Gasteiger partial charge on any atom is 0.318 e. The molecule has 4 unspecified atom stereocenters. The Hall–Kier alpha value is -2.48. The third-order valence-electron chi connectivity index (χ3n) is 5.16. The molecule has 1 N–H and O–H groups in total. The molecule has 1 aromatic carbocycles. The molecule has 0 aliphatic heterocycles.